The first-order valence-electron chi connectivity index (χ1n) is 13.6. The smallest absolute Gasteiger partial charge is 0.326 e. The summed E-state index contributed by atoms with van der Waals surface area (Å²) in [6.45, 7) is -1.41. The summed E-state index contributed by atoms with van der Waals surface area (Å²) in [5.41, 5.74) is 14.4. The number of carbonyl (C=O) groups excluding carboxylic acids is 1. The summed E-state index contributed by atoms with van der Waals surface area (Å²) < 4.78 is 31.2. The van der Waals surface area contributed by atoms with Gasteiger partial charge in [0.1, 0.15) is 0 Å². The third-order valence-corrected chi connectivity index (χ3v) is 8.14. The van der Waals surface area contributed by atoms with Gasteiger partial charge in [-0.05, 0) is 36.8 Å². The zero-order chi connectivity index (χ0) is 32.0. The molecule has 5 N–H and O–H groups in total. The van der Waals surface area contributed by atoms with Crippen LogP contribution in [0.3, 0.4) is 0 Å². The fourth-order valence-electron chi connectivity index (χ4n) is 5.32. The van der Waals surface area contributed by atoms with Gasteiger partial charge in [0, 0.05) is 40.5 Å². The van der Waals surface area contributed by atoms with E-state index < -0.39 is 42.1 Å². The monoisotopic (exact) mass is 655 g/mol. The molecule has 0 radical (unpaired) electrons. The Labute approximate surface area is 263 Å². The highest BCUT2D eigenvalue weighted by Crippen LogP contribution is 2.35. The molecule has 5 heterocycles. The van der Waals surface area contributed by atoms with Crippen LogP contribution in [-0.4, -0.2) is 57.3 Å². The van der Waals surface area contributed by atoms with E-state index >= 15 is 0 Å². The second-order valence-corrected chi connectivity index (χ2v) is 11.4. The molecule has 1 aliphatic heterocycles. The summed E-state index contributed by atoms with van der Waals surface area (Å²) in [6.07, 6.45) is 5.46. The number of halogens is 4. The van der Waals surface area contributed by atoms with Crippen LogP contribution < -0.4 is 22.3 Å². The number of fused-ring (bicyclic) bond motifs is 4. The molecule has 17 heteroatoms. The van der Waals surface area contributed by atoms with E-state index in [2.05, 4.69) is 30.7 Å². The maximum atomic E-state index is 14.0. The Hall–Kier alpha value is -4.57. The molecule has 0 aliphatic carbocycles. The molecule has 0 fully saturated rings. The number of aromatic nitrogens is 8. The van der Waals surface area contributed by atoms with Crippen LogP contribution in [0.5, 0.6) is 0 Å². The maximum Gasteiger partial charge on any atom is 0.333 e. The molecule has 1 amide bonds. The van der Waals surface area contributed by atoms with Crippen LogP contribution in [-0.2, 0) is 4.79 Å². The predicted molar refractivity (Wildman–Crippen MR) is 162 cm³/mol. The molecule has 0 saturated heterocycles. The van der Waals surface area contributed by atoms with Crippen molar-refractivity contribution in [3.05, 3.63) is 87.5 Å². The fraction of sp³-hybridized carbons (Fsp3) is 0.250. The fourth-order valence-corrected chi connectivity index (χ4v) is 5.62. The number of nitrogens with zero attached hydrogens (tertiary/aromatic N) is 8. The van der Waals surface area contributed by atoms with E-state index in [9.17, 15) is 18.4 Å². The van der Waals surface area contributed by atoms with Crippen molar-refractivity contribution in [3.8, 4) is 28.2 Å². The molecule has 0 spiro atoms. The number of benzene rings is 1. The molecule has 232 valence electrons. The molecular formula is C28H25Cl2F2N11O2. The van der Waals surface area contributed by atoms with Gasteiger partial charge in [-0.1, -0.05) is 35.3 Å². The molecule has 1 aliphatic rings. The Morgan fingerprint density at radius 2 is 1.89 bits per heavy atom. The van der Waals surface area contributed by atoms with Gasteiger partial charge >= 0.3 is 6.55 Å². The van der Waals surface area contributed by atoms with Gasteiger partial charge in [0.05, 0.1) is 59.1 Å². The number of nitrogens with one attached hydrogen (secondary N) is 1. The van der Waals surface area contributed by atoms with Gasteiger partial charge in [-0.25, -0.2) is 14.3 Å². The number of nitrogens with two attached hydrogens (primary N) is 2. The third-order valence-electron chi connectivity index (χ3n) is 7.73. The normalized spacial score (nSPS) is 20.3. The molecular weight excluding hydrogens is 631 g/mol. The second kappa shape index (κ2) is 12.1. The van der Waals surface area contributed by atoms with Crippen LogP contribution >= 0.6 is 23.2 Å². The minimum atomic E-state index is -3.00. The number of alkyl halides is 2. The summed E-state index contributed by atoms with van der Waals surface area (Å²) in [5, 5.41) is 14.8. The first-order chi connectivity index (χ1) is 21.5. The van der Waals surface area contributed by atoms with E-state index in [1.807, 2.05) is 0 Å². The van der Waals surface area contributed by atoms with Crippen molar-refractivity contribution in [2.75, 3.05) is 5.32 Å². The summed E-state index contributed by atoms with van der Waals surface area (Å²) >= 11 is 12.3. The number of carbonyl (C=O) groups is 1. The van der Waals surface area contributed by atoms with Crippen LogP contribution in [0.1, 0.15) is 31.6 Å². The van der Waals surface area contributed by atoms with Crippen LogP contribution in [0.25, 0.3) is 28.2 Å². The first-order valence-corrected chi connectivity index (χ1v) is 14.4. The lowest BCUT2D eigenvalue weighted by atomic mass is 9.89. The van der Waals surface area contributed by atoms with Crippen molar-refractivity contribution >= 4 is 34.8 Å². The first kappa shape index (κ1) is 30.5. The lowest BCUT2D eigenvalue weighted by Crippen LogP contribution is -2.50. The highest BCUT2D eigenvalue weighted by molar-refractivity contribution is 6.31. The van der Waals surface area contributed by atoms with Gasteiger partial charge in [0.15, 0.2) is 5.15 Å². The number of rotatable bonds is 4. The zero-order valence-electron chi connectivity index (χ0n) is 23.4. The lowest BCUT2D eigenvalue weighted by Gasteiger charge is -2.30. The molecule has 45 heavy (non-hydrogen) atoms. The summed E-state index contributed by atoms with van der Waals surface area (Å²) in [5.74, 6) is -1.34. The third kappa shape index (κ3) is 5.82. The van der Waals surface area contributed by atoms with Crippen molar-refractivity contribution in [2.45, 2.75) is 38.0 Å². The average molecular weight is 656 g/mol. The maximum absolute atomic E-state index is 14.0. The average Bonchev–Trinajstić information content (AvgIpc) is 3.65. The minimum Gasteiger partial charge on any atom is -0.326 e. The molecule has 4 atom stereocenters. The predicted octanol–water partition coefficient (Wildman–Crippen LogP) is 3.67. The molecule has 4 unspecified atom stereocenters. The van der Waals surface area contributed by atoms with Crippen LogP contribution in [0.15, 0.2) is 66.1 Å². The van der Waals surface area contributed by atoms with E-state index in [-0.39, 0.29) is 34.2 Å². The topological polar surface area (TPSA) is 177 Å². The summed E-state index contributed by atoms with van der Waals surface area (Å²) in [4.78, 5) is 35.9. The molecule has 2 bridgehead atoms. The number of anilines is 1. The van der Waals surface area contributed by atoms with Crippen LogP contribution in [0.2, 0.25) is 10.2 Å². The minimum absolute atomic E-state index is 0.0334. The van der Waals surface area contributed by atoms with Gasteiger partial charge < -0.3 is 16.8 Å². The molecule has 6 rings (SSSR count). The molecule has 0 saturated carbocycles. The van der Waals surface area contributed by atoms with E-state index in [1.165, 1.54) is 40.1 Å². The molecule has 13 nitrogen and oxygen atoms in total. The lowest BCUT2D eigenvalue weighted by molar-refractivity contribution is -0.120. The second-order valence-electron chi connectivity index (χ2n) is 10.5. The highest BCUT2D eigenvalue weighted by atomic mass is 35.5. The van der Waals surface area contributed by atoms with E-state index in [4.69, 9.17) is 34.7 Å². The Balaban J connectivity index is 1.49. The Kier molecular flexibility index (Phi) is 8.18. The number of pyridine rings is 1. The van der Waals surface area contributed by atoms with Gasteiger partial charge in [-0.2, -0.15) is 13.9 Å². The Morgan fingerprint density at radius 3 is 2.60 bits per heavy atom. The molecule has 1 aromatic carbocycles. The van der Waals surface area contributed by atoms with Crippen molar-refractivity contribution in [3.63, 3.8) is 0 Å². The Morgan fingerprint density at radius 1 is 1.09 bits per heavy atom. The SMILES string of the molecule is CC1C(=O)Nc2cnn(C(F)F)c2-c2ccnc(c2)C(n2cnc(-c3cc(Cl)ccc3-n3cc(Cl)nn3)cc2=O)CC(N)C1N. The summed E-state index contributed by atoms with van der Waals surface area (Å²) in [7, 11) is 0. The van der Waals surface area contributed by atoms with Crippen molar-refractivity contribution in [1.29, 1.82) is 0 Å². The highest BCUT2D eigenvalue weighted by Gasteiger charge is 2.32. The van der Waals surface area contributed by atoms with Crippen LogP contribution in [0.4, 0.5) is 14.5 Å². The van der Waals surface area contributed by atoms with E-state index in [0.29, 0.717) is 26.6 Å². The molecule has 4 aromatic heterocycles. The van der Waals surface area contributed by atoms with E-state index in [0.717, 1.165) is 6.20 Å². The van der Waals surface area contributed by atoms with Crippen molar-refractivity contribution in [2.24, 2.45) is 17.4 Å². The Bertz CT molecular complexity index is 1960. The van der Waals surface area contributed by atoms with Gasteiger partial charge in [-0.3, -0.25) is 19.1 Å². The quantitative estimate of drug-likeness (QED) is 0.260. The van der Waals surface area contributed by atoms with Gasteiger partial charge in [0.25, 0.3) is 5.56 Å². The van der Waals surface area contributed by atoms with Crippen molar-refractivity contribution < 1.29 is 13.6 Å². The number of hydrogen-bond donors (Lipinski definition) is 3. The zero-order valence-corrected chi connectivity index (χ0v) is 24.9. The summed E-state index contributed by atoms with van der Waals surface area (Å²) in [6, 6.07) is 6.85. The standard InChI is InChI=1S/C28H25Cl2F2N11O2/c1-13-25(34)17(33)8-22(19-6-14(4-5-35-19)26-20(38-27(13)45)10-37-43(26)28(31)32)41-12-36-18(9-24(41)44)16-7-15(29)2-3-21(16)42-11-23(30)39-40-42/h2-7,9-13,17,22,25,28H,8,33-34H2,1H3,(H,38,45). The number of amides is 1. The molecule has 5 aromatic rings. The van der Waals surface area contributed by atoms with Crippen molar-refractivity contribution in [1.82, 2.24) is 39.3 Å². The van der Waals surface area contributed by atoms with E-state index in [1.54, 1.807) is 31.2 Å². The van der Waals surface area contributed by atoms with Gasteiger partial charge in [-0.15, -0.1) is 5.10 Å². The van der Waals surface area contributed by atoms with Crippen LogP contribution in [0, 0.1) is 5.92 Å². The largest absolute Gasteiger partial charge is 0.333 e. The number of hydrogen-bond acceptors (Lipinski definition) is 9. The van der Waals surface area contributed by atoms with Gasteiger partial charge in [0.2, 0.25) is 5.91 Å².